The molecule has 6 nitrogen and oxygen atoms in total. The third-order valence-electron chi connectivity index (χ3n) is 3.60. The summed E-state index contributed by atoms with van der Waals surface area (Å²) in [6, 6.07) is 4.79. The van der Waals surface area contributed by atoms with Gasteiger partial charge >= 0.3 is 0 Å². The molecule has 0 aliphatic rings. The highest BCUT2D eigenvalue weighted by atomic mass is 32.2. The first-order valence-electron chi connectivity index (χ1n) is 7.52. The van der Waals surface area contributed by atoms with Crippen molar-refractivity contribution in [3.8, 4) is 5.69 Å². The van der Waals surface area contributed by atoms with Crippen LogP contribution in [-0.4, -0.2) is 20.7 Å². The quantitative estimate of drug-likeness (QED) is 0.300. The van der Waals surface area contributed by atoms with Gasteiger partial charge in [-0.1, -0.05) is 17.8 Å². The molecule has 0 aliphatic heterocycles. The topological polar surface area (TPSA) is 97.7 Å². The molecular weight excluding hydrogens is 379 g/mol. The molecule has 140 valence electrons. The number of nitrogens with zero attached hydrogens (tertiary/aromatic N) is 3. The van der Waals surface area contributed by atoms with Crippen LogP contribution in [0.15, 0.2) is 46.6 Å². The average Bonchev–Trinajstić information content (AvgIpc) is 2.66. The molecule has 27 heavy (non-hydrogen) atoms. The molecule has 10 heteroatoms. The summed E-state index contributed by atoms with van der Waals surface area (Å²) in [7, 11) is 0. The van der Waals surface area contributed by atoms with Gasteiger partial charge in [-0.3, -0.25) is 9.78 Å². The van der Waals surface area contributed by atoms with Crippen LogP contribution in [0.3, 0.4) is 0 Å². The Bertz CT molecular complexity index is 1080. The number of anilines is 1. The zero-order valence-corrected chi connectivity index (χ0v) is 14.4. The van der Waals surface area contributed by atoms with E-state index in [1.807, 2.05) is 0 Å². The minimum Gasteiger partial charge on any atom is -0.383 e. The Labute approximate surface area is 156 Å². The van der Waals surface area contributed by atoms with Gasteiger partial charge in [0.15, 0.2) is 22.6 Å². The van der Waals surface area contributed by atoms with Crippen LogP contribution < -0.4 is 11.3 Å². The molecule has 1 aromatic carbocycles. The van der Waals surface area contributed by atoms with Gasteiger partial charge in [-0.2, -0.15) is 0 Å². The predicted octanol–water partition coefficient (Wildman–Crippen LogP) is 3.16. The molecule has 0 radical (unpaired) electrons. The van der Waals surface area contributed by atoms with Crippen LogP contribution >= 0.6 is 11.8 Å². The number of nitrogens with one attached hydrogen (secondary N) is 1. The largest absolute Gasteiger partial charge is 0.383 e. The van der Waals surface area contributed by atoms with Gasteiger partial charge in [-0.15, -0.1) is 0 Å². The van der Waals surface area contributed by atoms with Gasteiger partial charge in [0.2, 0.25) is 0 Å². The first-order valence-corrected chi connectivity index (χ1v) is 8.51. The lowest BCUT2D eigenvalue weighted by molar-refractivity contribution is 0.482. The monoisotopic (exact) mass is 393 g/mol. The molecule has 0 saturated heterocycles. The second kappa shape index (κ2) is 7.62. The molecule has 3 aromatic rings. The van der Waals surface area contributed by atoms with Gasteiger partial charge in [0, 0.05) is 25.8 Å². The molecule has 0 aliphatic carbocycles. The Morgan fingerprint density at radius 1 is 1.26 bits per heavy atom. The Morgan fingerprint density at radius 3 is 2.67 bits per heavy atom. The lowest BCUT2D eigenvalue weighted by atomic mass is 10.2. The smallest absolute Gasteiger partial charge is 0.269 e. The molecular formula is C17H14F3N5OS. The summed E-state index contributed by atoms with van der Waals surface area (Å²) in [5.74, 6) is -4.01. The molecule has 2 aromatic heterocycles. The van der Waals surface area contributed by atoms with E-state index in [4.69, 9.17) is 11.1 Å². The molecule has 0 amide bonds. The molecule has 0 unspecified atom stereocenters. The number of halogens is 3. The van der Waals surface area contributed by atoms with E-state index in [2.05, 4.69) is 9.97 Å². The van der Waals surface area contributed by atoms with E-state index in [-0.39, 0.29) is 23.7 Å². The van der Waals surface area contributed by atoms with Gasteiger partial charge in [0.05, 0.1) is 0 Å². The highest BCUT2D eigenvalue weighted by Crippen LogP contribution is 2.27. The number of thioether (sulfide) groups is 1. The van der Waals surface area contributed by atoms with E-state index in [1.165, 1.54) is 0 Å². The maximum atomic E-state index is 14.3. The maximum Gasteiger partial charge on any atom is 0.269 e. The molecule has 0 atom stereocenters. The zero-order chi connectivity index (χ0) is 19.6. The van der Waals surface area contributed by atoms with Gasteiger partial charge in [0.1, 0.15) is 17.1 Å². The van der Waals surface area contributed by atoms with Gasteiger partial charge in [0.25, 0.3) is 5.56 Å². The standard InChI is InChI=1S/C17H12F3N5OS.H2/c18-11-3-4-12(19)14(13(11)20)25-16(26)10(6-21)15(22)24-17(25)27-8-9-2-1-5-23-7-9;/h1-7,21H,8,22H2;1H. The summed E-state index contributed by atoms with van der Waals surface area (Å²) < 4.78 is 42.8. The van der Waals surface area contributed by atoms with E-state index in [0.29, 0.717) is 22.9 Å². The highest BCUT2D eigenvalue weighted by molar-refractivity contribution is 7.98. The molecule has 0 fully saturated rings. The fraction of sp³-hybridized carbons (Fsp3) is 0.0588. The predicted molar refractivity (Wildman–Crippen MR) is 97.9 cm³/mol. The van der Waals surface area contributed by atoms with E-state index in [0.717, 1.165) is 17.3 Å². The Morgan fingerprint density at radius 2 is 2.00 bits per heavy atom. The summed E-state index contributed by atoms with van der Waals surface area (Å²) in [5, 5.41) is 7.16. The molecule has 0 spiro atoms. The van der Waals surface area contributed by atoms with Crippen molar-refractivity contribution in [1.29, 1.82) is 5.41 Å². The van der Waals surface area contributed by atoms with Crippen molar-refractivity contribution in [2.24, 2.45) is 0 Å². The van der Waals surface area contributed by atoms with Crippen molar-refractivity contribution in [2.45, 2.75) is 10.9 Å². The van der Waals surface area contributed by atoms with Crippen molar-refractivity contribution < 1.29 is 14.6 Å². The van der Waals surface area contributed by atoms with Crippen molar-refractivity contribution in [3.63, 3.8) is 0 Å². The van der Waals surface area contributed by atoms with Gasteiger partial charge in [-0.25, -0.2) is 22.7 Å². The fourth-order valence-electron chi connectivity index (χ4n) is 2.31. The lowest BCUT2D eigenvalue weighted by Crippen LogP contribution is -2.28. The molecule has 2 heterocycles. The van der Waals surface area contributed by atoms with Crippen molar-refractivity contribution in [3.05, 3.63) is 75.6 Å². The van der Waals surface area contributed by atoms with Crippen molar-refractivity contribution >= 4 is 23.8 Å². The third-order valence-corrected chi connectivity index (χ3v) is 4.61. The van der Waals surface area contributed by atoms with E-state index >= 15 is 0 Å². The number of nitrogen functional groups attached to an aromatic ring is 1. The maximum absolute atomic E-state index is 14.3. The van der Waals surface area contributed by atoms with Gasteiger partial charge < -0.3 is 11.1 Å². The zero-order valence-electron chi connectivity index (χ0n) is 13.6. The average molecular weight is 393 g/mol. The molecule has 3 N–H and O–H groups in total. The first kappa shape index (κ1) is 18.6. The molecule has 3 rings (SSSR count). The van der Waals surface area contributed by atoms with Crippen LogP contribution in [0.5, 0.6) is 0 Å². The minimum absolute atomic E-state index is 0. The number of nitrogens with two attached hydrogens (primary N) is 1. The summed E-state index contributed by atoms with van der Waals surface area (Å²) in [6.45, 7) is 0. The Hall–Kier alpha value is -3.14. The number of rotatable bonds is 5. The van der Waals surface area contributed by atoms with E-state index in [9.17, 15) is 18.0 Å². The molecule has 0 bridgehead atoms. The van der Waals surface area contributed by atoms with E-state index < -0.39 is 28.7 Å². The lowest BCUT2D eigenvalue weighted by Gasteiger charge is -2.15. The highest BCUT2D eigenvalue weighted by Gasteiger charge is 2.23. The van der Waals surface area contributed by atoms with Crippen LogP contribution in [0.25, 0.3) is 5.69 Å². The second-order valence-electron chi connectivity index (χ2n) is 5.32. The molecule has 0 saturated carbocycles. The third kappa shape index (κ3) is 3.56. The van der Waals surface area contributed by atoms with Gasteiger partial charge in [-0.05, 0) is 23.8 Å². The van der Waals surface area contributed by atoms with Crippen LogP contribution in [0, 0.1) is 22.9 Å². The first-order chi connectivity index (χ1) is 12.9. The summed E-state index contributed by atoms with van der Waals surface area (Å²) in [4.78, 5) is 20.6. The van der Waals surface area contributed by atoms with Crippen molar-refractivity contribution in [1.82, 2.24) is 14.5 Å². The SMILES string of the molecule is N=Cc1c(N)nc(SCc2cccnc2)n(-c2c(F)ccc(F)c2F)c1=O.[HH]. The summed E-state index contributed by atoms with van der Waals surface area (Å²) >= 11 is 0.967. The minimum atomic E-state index is -1.54. The number of hydrogen-bond donors (Lipinski definition) is 2. The Kier molecular flexibility index (Phi) is 5.26. The number of pyridine rings is 1. The van der Waals surface area contributed by atoms with Crippen LogP contribution in [0.2, 0.25) is 0 Å². The van der Waals surface area contributed by atoms with E-state index in [1.54, 1.807) is 24.5 Å². The Balaban J connectivity index is 0.00000280. The second-order valence-corrected chi connectivity index (χ2v) is 6.26. The normalized spacial score (nSPS) is 10.8. The summed E-state index contributed by atoms with van der Waals surface area (Å²) in [5.41, 5.74) is 4.21. The van der Waals surface area contributed by atoms with Crippen molar-refractivity contribution in [2.75, 3.05) is 5.73 Å². The van der Waals surface area contributed by atoms with Crippen LogP contribution in [0.4, 0.5) is 19.0 Å². The summed E-state index contributed by atoms with van der Waals surface area (Å²) in [6.07, 6.45) is 3.79. The fourth-order valence-corrected chi connectivity index (χ4v) is 3.25. The van der Waals surface area contributed by atoms with Crippen LogP contribution in [-0.2, 0) is 5.75 Å². The van der Waals surface area contributed by atoms with Crippen LogP contribution in [0.1, 0.15) is 12.6 Å². The number of hydrogen-bond acceptors (Lipinski definition) is 6. The number of benzene rings is 1. The number of aromatic nitrogens is 3.